The molecule has 3 unspecified atom stereocenters. The minimum absolute atomic E-state index is 0.00671. The average molecular weight is 318 g/mol. The van der Waals surface area contributed by atoms with Gasteiger partial charge in [-0.3, -0.25) is 14.9 Å². The SMILES string of the molecule is CN(CC(=O)N1CC2CCC(N)C2C1)c1ccccc1[N+](=O)[O-]. The number of anilines is 1. The van der Waals surface area contributed by atoms with Crippen LogP contribution >= 0.6 is 0 Å². The summed E-state index contributed by atoms with van der Waals surface area (Å²) in [6.07, 6.45) is 2.14. The molecular weight excluding hydrogens is 296 g/mol. The number of nitro benzene ring substituents is 1. The van der Waals surface area contributed by atoms with Crippen LogP contribution in [0.25, 0.3) is 0 Å². The van der Waals surface area contributed by atoms with Crippen LogP contribution in [0.4, 0.5) is 11.4 Å². The maximum atomic E-state index is 12.5. The third-order valence-corrected chi connectivity index (χ3v) is 5.13. The van der Waals surface area contributed by atoms with E-state index in [1.54, 1.807) is 30.1 Å². The molecule has 23 heavy (non-hydrogen) atoms. The summed E-state index contributed by atoms with van der Waals surface area (Å²) in [5.41, 5.74) is 6.58. The monoisotopic (exact) mass is 318 g/mol. The van der Waals surface area contributed by atoms with E-state index >= 15 is 0 Å². The van der Waals surface area contributed by atoms with Crippen LogP contribution in [0.15, 0.2) is 24.3 Å². The molecule has 1 saturated heterocycles. The van der Waals surface area contributed by atoms with E-state index in [1.165, 1.54) is 6.07 Å². The fourth-order valence-electron chi connectivity index (χ4n) is 3.84. The molecule has 0 bridgehead atoms. The number of hydrogen-bond acceptors (Lipinski definition) is 5. The van der Waals surface area contributed by atoms with Crippen molar-refractivity contribution < 1.29 is 9.72 Å². The number of hydrogen-bond donors (Lipinski definition) is 1. The van der Waals surface area contributed by atoms with Gasteiger partial charge in [0.1, 0.15) is 5.69 Å². The Kier molecular flexibility index (Phi) is 4.21. The molecule has 1 aliphatic heterocycles. The summed E-state index contributed by atoms with van der Waals surface area (Å²) < 4.78 is 0. The Bertz CT molecular complexity index is 621. The minimum atomic E-state index is -0.421. The molecule has 1 aromatic rings. The van der Waals surface area contributed by atoms with Gasteiger partial charge in [0, 0.05) is 32.2 Å². The zero-order chi connectivity index (χ0) is 16.6. The number of nitro groups is 1. The molecule has 0 radical (unpaired) electrons. The highest BCUT2D eigenvalue weighted by Crippen LogP contribution is 2.37. The topological polar surface area (TPSA) is 92.7 Å². The molecular formula is C16H22N4O3. The summed E-state index contributed by atoms with van der Waals surface area (Å²) in [7, 11) is 1.71. The molecule has 1 heterocycles. The van der Waals surface area contributed by atoms with Gasteiger partial charge < -0.3 is 15.5 Å². The van der Waals surface area contributed by atoms with Crippen LogP contribution in [-0.4, -0.2) is 48.5 Å². The second-order valence-corrected chi connectivity index (χ2v) is 6.57. The number of likely N-dealkylation sites (N-methyl/N-ethyl adjacent to an activating group) is 1. The first-order chi connectivity index (χ1) is 11.0. The Morgan fingerprint density at radius 3 is 2.83 bits per heavy atom. The highest BCUT2D eigenvalue weighted by Gasteiger charge is 2.42. The number of nitrogens with zero attached hydrogens (tertiary/aromatic N) is 3. The van der Waals surface area contributed by atoms with E-state index < -0.39 is 4.92 Å². The number of rotatable bonds is 4. The van der Waals surface area contributed by atoms with E-state index in [0.717, 1.165) is 25.9 Å². The van der Waals surface area contributed by atoms with Crippen LogP contribution in [0.1, 0.15) is 12.8 Å². The van der Waals surface area contributed by atoms with Crippen molar-refractivity contribution in [2.45, 2.75) is 18.9 Å². The van der Waals surface area contributed by atoms with E-state index in [0.29, 0.717) is 17.5 Å². The highest BCUT2D eigenvalue weighted by atomic mass is 16.6. The predicted molar refractivity (Wildman–Crippen MR) is 87.1 cm³/mol. The van der Waals surface area contributed by atoms with Gasteiger partial charge >= 0.3 is 0 Å². The molecule has 0 aromatic heterocycles. The van der Waals surface area contributed by atoms with E-state index in [9.17, 15) is 14.9 Å². The molecule has 124 valence electrons. The standard InChI is InChI=1S/C16H22N4O3/c1-18(14-4-2-3-5-15(14)20(22)23)10-16(21)19-8-11-6-7-13(17)12(11)9-19/h2-5,11-13H,6-10,17H2,1H3. The second-order valence-electron chi connectivity index (χ2n) is 6.57. The number of likely N-dealkylation sites (tertiary alicyclic amines) is 1. The van der Waals surface area contributed by atoms with Gasteiger partial charge in [0.25, 0.3) is 5.69 Å². The quantitative estimate of drug-likeness (QED) is 0.666. The van der Waals surface area contributed by atoms with Gasteiger partial charge in [-0.05, 0) is 30.7 Å². The van der Waals surface area contributed by atoms with Crippen molar-refractivity contribution in [3.05, 3.63) is 34.4 Å². The highest BCUT2D eigenvalue weighted by molar-refractivity contribution is 5.82. The van der Waals surface area contributed by atoms with Crippen molar-refractivity contribution in [3.63, 3.8) is 0 Å². The molecule has 2 aliphatic rings. The molecule has 3 rings (SSSR count). The van der Waals surface area contributed by atoms with Gasteiger partial charge in [0.2, 0.25) is 5.91 Å². The lowest BCUT2D eigenvalue weighted by Gasteiger charge is -2.24. The Labute approximate surface area is 135 Å². The van der Waals surface area contributed by atoms with E-state index in [2.05, 4.69) is 0 Å². The van der Waals surface area contributed by atoms with Crippen molar-refractivity contribution in [2.75, 3.05) is 31.6 Å². The number of benzene rings is 1. The molecule has 3 atom stereocenters. The zero-order valence-corrected chi connectivity index (χ0v) is 13.2. The van der Waals surface area contributed by atoms with Gasteiger partial charge in [-0.2, -0.15) is 0 Å². The summed E-state index contributed by atoms with van der Waals surface area (Å²) >= 11 is 0. The Morgan fingerprint density at radius 2 is 2.13 bits per heavy atom. The fraction of sp³-hybridized carbons (Fsp3) is 0.562. The Hall–Kier alpha value is -2.15. The summed E-state index contributed by atoms with van der Waals surface area (Å²) in [5, 5.41) is 11.1. The van der Waals surface area contributed by atoms with E-state index in [4.69, 9.17) is 5.73 Å². The summed E-state index contributed by atoms with van der Waals surface area (Å²) in [4.78, 5) is 26.7. The first-order valence-corrected chi connectivity index (χ1v) is 7.95. The van der Waals surface area contributed by atoms with Crippen molar-refractivity contribution in [3.8, 4) is 0 Å². The predicted octanol–water partition coefficient (Wildman–Crippen LogP) is 1.23. The lowest BCUT2D eigenvalue weighted by Crippen LogP contribution is -2.39. The smallest absolute Gasteiger partial charge is 0.292 e. The van der Waals surface area contributed by atoms with Gasteiger partial charge in [-0.1, -0.05) is 12.1 Å². The molecule has 1 aromatic carbocycles. The van der Waals surface area contributed by atoms with Gasteiger partial charge in [0.15, 0.2) is 0 Å². The Balaban J connectivity index is 1.66. The lowest BCUT2D eigenvalue weighted by molar-refractivity contribution is -0.384. The summed E-state index contributed by atoms with van der Waals surface area (Å²) in [6, 6.07) is 6.68. The maximum absolute atomic E-state index is 12.5. The number of nitrogens with two attached hydrogens (primary N) is 1. The number of para-hydroxylation sites is 2. The van der Waals surface area contributed by atoms with Crippen molar-refractivity contribution in [2.24, 2.45) is 17.6 Å². The summed E-state index contributed by atoms with van der Waals surface area (Å²) in [6.45, 7) is 1.62. The molecule has 0 spiro atoms. The van der Waals surface area contributed by atoms with Crippen LogP contribution < -0.4 is 10.6 Å². The van der Waals surface area contributed by atoms with Crippen molar-refractivity contribution in [1.82, 2.24) is 4.90 Å². The van der Waals surface area contributed by atoms with Crippen LogP contribution in [0.2, 0.25) is 0 Å². The zero-order valence-electron chi connectivity index (χ0n) is 13.2. The maximum Gasteiger partial charge on any atom is 0.292 e. The number of fused-ring (bicyclic) bond motifs is 1. The summed E-state index contributed by atoms with van der Waals surface area (Å²) in [5.74, 6) is 0.938. The molecule has 1 aliphatic carbocycles. The first kappa shape index (κ1) is 15.7. The fourth-order valence-corrected chi connectivity index (χ4v) is 3.84. The van der Waals surface area contributed by atoms with Gasteiger partial charge in [-0.15, -0.1) is 0 Å². The largest absolute Gasteiger partial charge is 0.360 e. The second kappa shape index (κ2) is 6.16. The average Bonchev–Trinajstić information content (AvgIpc) is 3.09. The van der Waals surface area contributed by atoms with Crippen molar-refractivity contribution >= 4 is 17.3 Å². The van der Waals surface area contributed by atoms with Gasteiger partial charge in [-0.25, -0.2) is 0 Å². The minimum Gasteiger partial charge on any atom is -0.360 e. The van der Waals surface area contributed by atoms with Crippen LogP contribution in [0, 0.1) is 22.0 Å². The molecule has 2 N–H and O–H groups in total. The molecule has 7 nitrogen and oxygen atoms in total. The van der Waals surface area contributed by atoms with Crippen LogP contribution in [-0.2, 0) is 4.79 Å². The van der Waals surface area contributed by atoms with Crippen LogP contribution in [0.5, 0.6) is 0 Å². The number of carbonyl (C=O) groups excluding carboxylic acids is 1. The molecule has 2 fully saturated rings. The number of carbonyl (C=O) groups is 1. The molecule has 1 amide bonds. The van der Waals surface area contributed by atoms with Crippen molar-refractivity contribution in [1.29, 1.82) is 0 Å². The van der Waals surface area contributed by atoms with E-state index in [-0.39, 0.29) is 24.2 Å². The Morgan fingerprint density at radius 1 is 1.39 bits per heavy atom. The van der Waals surface area contributed by atoms with Crippen LogP contribution in [0.3, 0.4) is 0 Å². The first-order valence-electron chi connectivity index (χ1n) is 7.95. The van der Waals surface area contributed by atoms with Gasteiger partial charge in [0.05, 0.1) is 11.5 Å². The third kappa shape index (κ3) is 3.01. The molecule has 1 saturated carbocycles. The number of amides is 1. The normalized spacial score (nSPS) is 26.2. The lowest BCUT2D eigenvalue weighted by atomic mass is 9.98. The third-order valence-electron chi connectivity index (χ3n) is 5.13. The molecule has 7 heteroatoms. The van der Waals surface area contributed by atoms with E-state index in [1.807, 2.05) is 4.90 Å².